The highest BCUT2D eigenvalue weighted by Gasteiger charge is 2.16. The number of aliphatic hydroxyl groups is 1. The van der Waals surface area contributed by atoms with Crippen LogP contribution >= 0.6 is 0 Å². The van der Waals surface area contributed by atoms with Crippen LogP contribution in [0.25, 0.3) is 11.1 Å². The third kappa shape index (κ3) is 5.28. The molecule has 0 bridgehead atoms. The highest BCUT2D eigenvalue weighted by molar-refractivity contribution is 5.94. The topological polar surface area (TPSA) is 91.5 Å². The molecule has 2 aromatic rings. The number of pyridine rings is 1. The molecular weight excluding hydrogens is 340 g/mol. The number of nitrogens with zero attached hydrogens (tertiary/aromatic N) is 2. The zero-order chi connectivity index (χ0) is 19.2. The molecule has 3 rings (SSSR count). The van der Waals surface area contributed by atoms with E-state index in [0.29, 0.717) is 17.9 Å². The maximum Gasteiger partial charge on any atom is 0.251 e. The number of nitrogens with one attached hydrogen (secondary N) is 1. The maximum atomic E-state index is 12.3. The first-order valence-corrected chi connectivity index (χ1v) is 9.55. The number of hydrogen-bond donors (Lipinski definition) is 3. The van der Waals surface area contributed by atoms with Crippen molar-refractivity contribution in [3.05, 3.63) is 47.7 Å². The molecule has 27 heavy (non-hydrogen) atoms. The molecule has 1 atom stereocenters. The van der Waals surface area contributed by atoms with Crippen molar-refractivity contribution in [2.75, 3.05) is 31.9 Å². The van der Waals surface area contributed by atoms with E-state index < -0.39 is 0 Å². The van der Waals surface area contributed by atoms with E-state index in [1.165, 1.54) is 0 Å². The van der Waals surface area contributed by atoms with E-state index in [1.807, 2.05) is 37.3 Å². The number of aromatic nitrogens is 1. The first-order chi connectivity index (χ1) is 13.0. The lowest BCUT2D eigenvalue weighted by Gasteiger charge is -2.29. The van der Waals surface area contributed by atoms with Gasteiger partial charge in [-0.15, -0.1) is 0 Å². The van der Waals surface area contributed by atoms with Crippen LogP contribution in [0.1, 0.15) is 35.3 Å². The monoisotopic (exact) mass is 368 g/mol. The second kappa shape index (κ2) is 8.97. The molecule has 1 amide bonds. The van der Waals surface area contributed by atoms with Crippen LogP contribution in [-0.2, 0) is 0 Å². The van der Waals surface area contributed by atoms with Crippen molar-refractivity contribution in [2.24, 2.45) is 0 Å². The second-order valence-corrected chi connectivity index (χ2v) is 7.15. The lowest BCUT2D eigenvalue weighted by Crippen LogP contribution is -2.39. The molecule has 0 unspecified atom stereocenters. The Hall–Kier alpha value is -2.44. The Labute approximate surface area is 160 Å². The van der Waals surface area contributed by atoms with Crippen molar-refractivity contribution >= 4 is 11.7 Å². The summed E-state index contributed by atoms with van der Waals surface area (Å²) >= 11 is 0. The number of rotatable bonds is 6. The van der Waals surface area contributed by atoms with Crippen molar-refractivity contribution in [3.8, 4) is 11.1 Å². The average Bonchev–Trinajstić information content (AvgIpc) is 2.65. The molecule has 0 radical (unpaired) electrons. The van der Waals surface area contributed by atoms with Gasteiger partial charge in [0.2, 0.25) is 0 Å². The summed E-state index contributed by atoms with van der Waals surface area (Å²) in [6.07, 6.45) is 2.62. The Morgan fingerprint density at radius 2 is 2.07 bits per heavy atom. The van der Waals surface area contributed by atoms with E-state index in [0.717, 1.165) is 55.7 Å². The van der Waals surface area contributed by atoms with Gasteiger partial charge in [-0.3, -0.25) is 4.79 Å². The molecule has 1 aliphatic rings. The van der Waals surface area contributed by atoms with Gasteiger partial charge in [-0.05, 0) is 69.1 Å². The van der Waals surface area contributed by atoms with Gasteiger partial charge in [0.1, 0.15) is 5.82 Å². The molecule has 144 valence electrons. The number of benzene rings is 1. The molecule has 0 aliphatic carbocycles. The SMILES string of the molecule is Cc1nc(N)ccc1-c1ccc(C(=O)NCCCN2CCC[C@H](O)C2)cc1. The minimum Gasteiger partial charge on any atom is -0.392 e. The fourth-order valence-corrected chi connectivity index (χ4v) is 3.53. The van der Waals surface area contributed by atoms with Gasteiger partial charge >= 0.3 is 0 Å². The van der Waals surface area contributed by atoms with Crippen molar-refractivity contribution in [1.29, 1.82) is 0 Å². The van der Waals surface area contributed by atoms with E-state index in [4.69, 9.17) is 5.73 Å². The highest BCUT2D eigenvalue weighted by atomic mass is 16.3. The Morgan fingerprint density at radius 1 is 1.30 bits per heavy atom. The number of aryl methyl sites for hydroxylation is 1. The molecule has 6 nitrogen and oxygen atoms in total. The van der Waals surface area contributed by atoms with E-state index in [-0.39, 0.29) is 12.0 Å². The number of carbonyl (C=O) groups excluding carboxylic acids is 1. The third-order valence-electron chi connectivity index (χ3n) is 4.98. The summed E-state index contributed by atoms with van der Waals surface area (Å²) < 4.78 is 0. The van der Waals surface area contributed by atoms with Gasteiger partial charge in [0, 0.05) is 29.9 Å². The molecular formula is C21H28N4O2. The summed E-state index contributed by atoms with van der Waals surface area (Å²) in [5.41, 5.74) is 9.25. The van der Waals surface area contributed by atoms with Gasteiger partial charge in [-0.1, -0.05) is 12.1 Å². The smallest absolute Gasteiger partial charge is 0.251 e. The van der Waals surface area contributed by atoms with E-state index in [1.54, 1.807) is 6.07 Å². The Balaban J connectivity index is 1.49. The predicted octanol–water partition coefficient (Wildman–Crippen LogP) is 2.22. The van der Waals surface area contributed by atoms with Crippen LogP contribution in [-0.4, -0.2) is 53.2 Å². The standard InChI is InChI=1S/C21H28N4O2/c1-15-19(9-10-20(22)24-15)16-5-7-17(8-6-16)21(27)23-11-3-13-25-12-2-4-18(26)14-25/h5-10,18,26H,2-4,11-14H2,1H3,(H2,22,24)(H,23,27)/t18-/m0/s1. The van der Waals surface area contributed by atoms with Crippen LogP contribution in [0.5, 0.6) is 0 Å². The number of carbonyl (C=O) groups is 1. The van der Waals surface area contributed by atoms with Gasteiger partial charge < -0.3 is 21.1 Å². The zero-order valence-electron chi connectivity index (χ0n) is 15.8. The predicted molar refractivity (Wildman–Crippen MR) is 107 cm³/mol. The van der Waals surface area contributed by atoms with Crippen LogP contribution in [0.3, 0.4) is 0 Å². The average molecular weight is 368 g/mol. The van der Waals surface area contributed by atoms with Gasteiger partial charge in [0.05, 0.1) is 6.10 Å². The van der Waals surface area contributed by atoms with Crippen LogP contribution in [0.2, 0.25) is 0 Å². The van der Waals surface area contributed by atoms with Crippen molar-refractivity contribution in [2.45, 2.75) is 32.3 Å². The number of β-amino-alcohol motifs (C(OH)–C–C–N with tert-alkyl or cyclic N) is 1. The molecule has 0 saturated carbocycles. The number of nitrogen functional groups attached to an aromatic ring is 1. The molecule has 1 fully saturated rings. The van der Waals surface area contributed by atoms with Crippen LogP contribution < -0.4 is 11.1 Å². The van der Waals surface area contributed by atoms with E-state index >= 15 is 0 Å². The minimum atomic E-state index is -0.202. The Bertz CT molecular complexity index is 776. The molecule has 1 aromatic carbocycles. The summed E-state index contributed by atoms with van der Waals surface area (Å²) in [5, 5.41) is 12.7. The largest absolute Gasteiger partial charge is 0.392 e. The van der Waals surface area contributed by atoms with Crippen LogP contribution in [0, 0.1) is 6.92 Å². The quantitative estimate of drug-likeness (QED) is 0.680. The van der Waals surface area contributed by atoms with E-state index in [2.05, 4.69) is 15.2 Å². The third-order valence-corrected chi connectivity index (χ3v) is 4.98. The summed E-state index contributed by atoms with van der Waals surface area (Å²) in [7, 11) is 0. The normalized spacial score (nSPS) is 17.6. The number of amides is 1. The zero-order valence-corrected chi connectivity index (χ0v) is 15.8. The summed E-state index contributed by atoms with van der Waals surface area (Å²) in [6.45, 7) is 5.24. The number of hydrogen-bond acceptors (Lipinski definition) is 5. The minimum absolute atomic E-state index is 0.0626. The van der Waals surface area contributed by atoms with Crippen molar-refractivity contribution < 1.29 is 9.90 Å². The molecule has 0 spiro atoms. The molecule has 4 N–H and O–H groups in total. The lowest BCUT2D eigenvalue weighted by atomic mass is 10.0. The van der Waals surface area contributed by atoms with Gasteiger partial charge in [0.25, 0.3) is 5.91 Å². The van der Waals surface area contributed by atoms with E-state index in [9.17, 15) is 9.90 Å². The molecule has 6 heteroatoms. The number of nitrogens with two attached hydrogens (primary N) is 1. The molecule has 1 aliphatic heterocycles. The van der Waals surface area contributed by atoms with Gasteiger partial charge in [0.15, 0.2) is 0 Å². The molecule has 2 heterocycles. The number of piperidine rings is 1. The fourth-order valence-electron chi connectivity index (χ4n) is 3.53. The Morgan fingerprint density at radius 3 is 2.78 bits per heavy atom. The number of likely N-dealkylation sites (tertiary alicyclic amines) is 1. The summed E-state index contributed by atoms with van der Waals surface area (Å²) in [5.74, 6) is 0.443. The van der Waals surface area contributed by atoms with Crippen LogP contribution in [0.4, 0.5) is 5.82 Å². The second-order valence-electron chi connectivity index (χ2n) is 7.15. The van der Waals surface area contributed by atoms with Gasteiger partial charge in [-0.2, -0.15) is 0 Å². The van der Waals surface area contributed by atoms with Crippen molar-refractivity contribution in [3.63, 3.8) is 0 Å². The summed E-state index contributed by atoms with van der Waals surface area (Å²) in [6, 6.07) is 11.3. The number of anilines is 1. The first kappa shape index (κ1) is 19.3. The lowest BCUT2D eigenvalue weighted by molar-refractivity contribution is 0.0697. The molecule has 1 aromatic heterocycles. The van der Waals surface area contributed by atoms with Gasteiger partial charge in [-0.25, -0.2) is 4.98 Å². The fraction of sp³-hybridized carbons (Fsp3) is 0.429. The van der Waals surface area contributed by atoms with Crippen LogP contribution in [0.15, 0.2) is 36.4 Å². The maximum absolute atomic E-state index is 12.3. The summed E-state index contributed by atoms with van der Waals surface area (Å²) in [4.78, 5) is 18.9. The Kier molecular flexibility index (Phi) is 6.42. The van der Waals surface area contributed by atoms with Crippen molar-refractivity contribution in [1.82, 2.24) is 15.2 Å². The first-order valence-electron chi connectivity index (χ1n) is 9.55. The highest BCUT2D eigenvalue weighted by Crippen LogP contribution is 2.23. The molecule has 1 saturated heterocycles. The number of aliphatic hydroxyl groups excluding tert-OH is 1.